The Labute approximate surface area is 79.4 Å². The maximum absolute atomic E-state index is 11.4. The van der Waals surface area contributed by atoms with Crippen LogP contribution in [0.25, 0.3) is 0 Å². The van der Waals surface area contributed by atoms with Crippen molar-refractivity contribution >= 4 is 17.3 Å². The van der Waals surface area contributed by atoms with Crippen molar-refractivity contribution in [2.24, 2.45) is 4.99 Å². The maximum Gasteiger partial charge on any atom is 0.264 e. The number of nitriles is 1. The first-order valence-electron chi connectivity index (χ1n) is 3.96. The van der Waals surface area contributed by atoms with Gasteiger partial charge in [0.15, 0.2) is 5.71 Å². The number of aliphatic imine (C=N–C) groups is 1. The summed E-state index contributed by atoms with van der Waals surface area (Å²) in [5, 5.41) is 11.3. The van der Waals surface area contributed by atoms with Crippen LogP contribution in [0, 0.1) is 11.3 Å². The van der Waals surface area contributed by atoms with E-state index in [2.05, 4.69) is 10.3 Å². The van der Waals surface area contributed by atoms with E-state index in [0.29, 0.717) is 12.2 Å². The Bertz CT molecular complexity index is 463. The van der Waals surface area contributed by atoms with Crippen LogP contribution in [-0.4, -0.2) is 23.8 Å². The number of carbonyl (C=O) groups is 2. The lowest BCUT2D eigenvalue weighted by Crippen LogP contribution is -2.36. The molecular weight excluding hydrogens is 182 g/mol. The highest BCUT2D eigenvalue weighted by atomic mass is 16.2. The summed E-state index contributed by atoms with van der Waals surface area (Å²) in [6.07, 6.45) is 3.38. The molecular formula is C9H5N3O2. The molecule has 0 fully saturated rings. The third kappa shape index (κ3) is 1.05. The van der Waals surface area contributed by atoms with Crippen molar-refractivity contribution in [3.63, 3.8) is 0 Å². The number of rotatable bonds is 0. The van der Waals surface area contributed by atoms with Gasteiger partial charge in [-0.3, -0.25) is 9.59 Å². The lowest BCUT2D eigenvalue weighted by atomic mass is 10.0. The molecule has 0 radical (unpaired) electrons. The summed E-state index contributed by atoms with van der Waals surface area (Å²) in [4.78, 5) is 26.4. The van der Waals surface area contributed by atoms with Gasteiger partial charge < -0.3 is 5.32 Å². The fraction of sp³-hybridized carbons (Fsp3) is 0.111. The third-order valence-corrected chi connectivity index (χ3v) is 1.92. The van der Waals surface area contributed by atoms with Gasteiger partial charge in [-0.2, -0.15) is 5.26 Å². The summed E-state index contributed by atoms with van der Waals surface area (Å²) in [7, 11) is 0. The molecule has 0 aliphatic carbocycles. The molecule has 5 heteroatoms. The van der Waals surface area contributed by atoms with Crippen LogP contribution in [0.5, 0.6) is 0 Å². The average Bonchev–Trinajstić information content (AvgIpc) is 2.23. The van der Waals surface area contributed by atoms with Gasteiger partial charge >= 0.3 is 0 Å². The molecule has 0 unspecified atom stereocenters. The predicted molar refractivity (Wildman–Crippen MR) is 47.2 cm³/mol. The van der Waals surface area contributed by atoms with Gasteiger partial charge in [-0.05, 0) is 6.08 Å². The highest BCUT2D eigenvalue weighted by Gasteiger charge is 2.31. The first-order chi connectivity index (χ1) is 6.74. The van der Waals surface area contributed by atoms with E-state index in [9.17, 15) is 9.59 Å². The number of Topliss-reactive ketones (excluding diaryl/α,β-unsaturated/α-hetero) is 2. The van der Waals surface area contributed by atoms with Crippen molar-refractivity contribution in [1.29, 1.82) is 5.26 Å². The molecule has 0 aromatic carbocycles. The van der Waals surface area contributed by atoms with E-state index in [-0.39, 0.29) is 11.4 Å². The van der Waals surface area contributed by atoms with E-state index in [1.807, 2.05) is 0 Å². The molecule has 1 N–H and O–H groups in total. The summed E-state index contributed by atoms with van der Waals surface area (Å²) >= 11 is 0. The van der Waals surface area contributed by atoms with E-state index >= 15 is 0 Å². The summed E-state index contributed by atoms with van der Waals surface area (Å²) in [5.74, 6) is -1.52. The van der Waals surface area contributed by atoms with Gasteiger partial charge in [0, 0.05) is 6.54 Å². The van der Waals surface area contributed by atoms with Crippen LogP contribution in [0.1, 0.15) is 0 Å². The van der Waals surface area contributed by atoms with Crippen LogP contribution in [0.3, 0.4) is 0 Å². The number of nitrogens with zero attached hydrogens (tertiary/aromatic N) is 2. The SMILES string of the molecule is N#CC1=NC2=C(NCC=C2)C(=O)C1=O. The van der Waals surface area contributed by atoms with Crippen molar-refractivity contribution in [1.82, 2.24) is 5.32 Å². The van der Waals surface area contributed by atoms with Gasteiger partial charge in [0.05, 0.1) is 5.70 Å². The molecule has 2 rings (SSSR count). The number of dihydropyridines is 1. The van der Waals surface area contributed by atoms with Crippen molar-refractivity contribution in [2.45, 2.75) is 0 Å². The number of hydrogen-bond acceptors (Lipinski definition) is 5. The number of hydrogen-bond donors (Lipinski definition) is 1. The minimum Gasteiger partial charge on any atom is -0.377 e. The van der Waals surface area contributed by atoms with Gasteiger partial charge in [0.1, 0.15) is 11.8 Å². The second-order valence-electron chi connectivity index (χ2n) is 2.77. The lowest BCUT2D eigenvalue weighted by Gasteiger charge is -2.16. The molecule has 0 aromatic rings. The Morgan fingerprint density at radius 1 is 1.43 bits per heavy atom. The molecule has 0 atom stereocenters. The molecule has 14 heavy (non-hydrogen) atoms. The Morgan fingerprint density at radius 3 is 2.93 bits per heavy atom. The number of nitrogens with one attached hydrogen (secondary N) is 1. The summed E-state index contributed by atoms with van der Waals surface area (Å²) in [6.45, 7) is 0.495. The molecule has 0 aromatic heterocycles. The van der Waals surface area contributed by atoms with Crippen LogP contribution < -0.4 is 5.32 Å². The fourth-order valence-electron chi connectivity index (χ4n) is 1.26. The molecule has 0 spiro atoms. The molecule has 2 heterocycles. The predicted octanol–water partition coefficient (Wildman–Crippen LogP) is -0.526. The lowest BCUT2D eigenvalue weighted by molar-refractivity contribution is -0.130. The topological polar surface area (TPSA) is 82.3 Å². The van der Waals surface area contributed by atoms with E-state index < -0.39 is 11.6 Å². The summed E-state index contributed by atoms with van der Waals surface area (Å²) in [5.41, 5.74) is 0.205. The van der Waals surface area contributed by atoms with Gasteiger partial charge in [-0.15, -0.1) is 0 Å². The first kappa shape index (κ1) is 8.38. The van der Waals surface area contributed by atoms with E-state index in [1.165, 1.54) is 0 Å². The monoisotopic (exact) mass is 187 g/mol. The number of ketones is 2. The Hall–Kier alpha value is -2.22. The Morgan fingerprint density at radius 2 is 2.21 bits per heavy atom. The molecule has 0 saturated carbocycles. The quantitative estimate of drug-likeness (QED) is 0.517. The minimum absolute atomic E-state index is 0.191. The van der Waals surface area contributed by atoms with Crippen LogP contribution >= 0.6 is 0 Å². The smallest absolute Gasteiger partial charge is 0.264 e. The van der Waals surface area contributed by atoms with Crippen molar-refractivity contribution in [3.8, 4) is 6.07 Å². The third-order valence-electron chi connectivity index (χ3n) is 1.92. The standard InChI is InChI=1S/C9H5N3O2/c10-4-6-8(13)9(14)7-5(12-6)2-1-3-11-7/h1-2,11H,3H2. The van der Waals surface area contributed by atoms with Gasteiger partial charge in [0.2, 0.25) is 0 Å². The highest BCUT2D eigenvalue weighted by Crippen LogP contribution is 2.16. The molecule has 0 saturated heterocycles. The Kier molecular flexibility index (Phi) is 1.75. The van der Waals surface area contributed by atoms with Gasteiger partial charge in [0.25, 0.3) is 11.6 Å². The zero-order chi connectivity index (χ0) is 10.1. The normalized spacial score (nSPS) is 19.8. The van der Waals surface area contributed by atoms with E-state index in [0.717, 1.165) is 0 Å². The van der Waals surface area contributed by atoms with Crippen molar-refractivity contribution in [3.05, 3.63) is 23.5 Å². The number of carbonyl (C=O) groups excluding carboxylic acids is 2. The van der Waals surface area contributed by atoms with Gasteiger partial charge in [-0.25, -0.2) is 4.99 Å². The molecule has 5 nitrogen and oxygen atoms in total. The molecule has 0 bridgehead atoms. The van der Waals surface area contributed by atoms with E-state index in [1.54, 1.807) is 18.2 Å². The molecule has 2 aliphatic rings. The number of allylic oxidation sites excluding steroid dienone is 2. The second-order valence-corrected chi connectivity index (χ2v) is 2.77. The Balaban J connectivity index is 2.56. The average molecular weight is 187 g/mol. The maximum atomic E-state index is 11.4. The fourth-order valence-corrected chi connectivity index (χ4v) is 1.26. The zero-order valence-electron chi connectivity index (χ0n) is 7.07. The first-order valence-corrected chi connectivity index (χ1v) is 3.96. The van der Waals surface area contributed by atoms with Crippen LogP contribution in [0.15, 0.2) is 28.5 Å². The van der Waals surface area contributed by atoms with Crippen LogP contribution in [0.4, 0.5) is 0 Å². The molecule has 68 valence electrons. The largest absolute Gasteiger partial charge is 0.377 e. The summed E-state index contributed by atoms with van der Waals surface area (Å²) in [6, 6.07) is 1.60. The van der Waals surface area contributed by atoms with Gasteiger partial charge in [-0.1, -0.05) is 6.08 Å². The minimum atomic E-state index is -0.839. The molecule has 2 aliphatic heterocycles. The zero-order valence-corrected chi connectivity index (χ0v) is 7.07. The highest BCUT2D eigenvalue weighted by molar-refractivity contribution is 6.72. The molecule has 0 amide bonds. The van der Waals surface area contributed by atoms with E-state index in [4.69, 9.17) is 5.26 Å². The van der Waals surface area contributed by atoms with Crippen molar-refractivity contribution < 1.29 is 9.59 Å². The van der Waals surface area contributed by atoms with Crippen LogP contribution in [0.2, 0.25) is 0 Å². The van der Waals surface area contributed by atoms with Crippen LogP contribution in [-0.2, 0) is 9.59 Å². The summed E-state index contributed by atoms with van der Waals surface area (Å²) < 4.78 is 0. The second kappa shape index (κ2) is 2.92. The van der Waals surface area contributed by atoms with Crippen molar-refractivity contribution in [2.75, 3.05) is 6.54 Å².